The van der Waals surface area contributed by atoms with Crippen molar-refractivity contribution in [3.63, 3.8) is 0 Å². The van der Waals surface area contributed by atoms with Gasteiger partial charge in [0.25, 0.3) is 0 Å². The largest absolute Gasteiger partial charge is 0.353 e. The number of nitrogens with one attached hydrogen (secondary N) is 1. The van der Waals surface area contributed by atoms with E-state index in [0.717, 1.165) is 51.7 Å². The molecule has 4 unspecified atom stereocenters. The number of nitrogens with zero attached hydrogens (tertiary/aromatic N) is 1. The van der Waals surface area contributed by atoms with Crippen LogP contribution in [0.1, 0.15) is 59.8 Å². The van der Waals surface area contributed by atoms with Crippen molar-refractivity contribution in [3.05, 3.63) is 0 Å². The first kappa shape index (κ1) is 18.4. The molecule has 0 aromatic rings. The van der Waals surface area contributed by atoms with E-state index in [9.17, 15) is 4.79 Å². The summed E-state index contributed by atoms with van der Waals surface area (Å²) in [5.41, 5.74) is 6.03. The normalized spacial score (nSPS) is 27.6. The zero-order valence-electron chi connectivity index (χ0n) is 14.4. The van der Waals surface area contributed by atoms with Gasteiger partial charge in [0.15, 0.2) is 0 Å². The molecule has 3 N–H and O–H groups in total. The van der Waals surface area contributed by atoms with Gasteiger partial charge in [0, 0.05) is 18.0 Å². The van der Waals surface area contributed by atoms with Crippen molar-refractivity contribution in [2.75, 3.05) is 19.6 Å². The van der Waals surface area contributed by atoms with Crippen LogP contribution in [-0.2, 0) is 4.79 Å². The van der Waals surface area contributed by atoms with Crippen molar-refractivity contribution in [1.82, 2.24) is 10.2 Å². The average Bonchev–Trinajstić information content (AvgIpc) is 2.46. The number of amides is 1. The molecule has 1 fully saturated rings. The lowest BCUT2D eigenvalue weighted by Gasteiger charge is -2.31. The van der Waals surface area contributed by atoms with Crippen molar-refractivity contribution in [3.8, 4) is 0 Å². The van der Waals surface area contributed by atoms with E-state index in [1.54, 1.807) is 0 Å². The van der Waals surface area contributed by atoms with Gasteiger partial charge in [-0.15, -0.1) is 0 Å². The molecule has 0 aliphatic heterocycles. The van der Waals surface area contributed by atoms with E-state index >= 15 is 0 Å². The maximum Gasteiger partial charge on any atom is 0.223 e. The molecule has 1 rings (SSSR count). The number of carbonyl (C=O) groups is 1. The van der Waals surface area contributed by atoms with Crippen molar-refractivity contribution in [2.45, 2.75) is 71.9 Å². The summed E-state index contributed by atoms with van der Waals surface area (Å²) >= 11 is 0. The first-order chi connectivity index (χ1) is 9.97. The third-order valence-corrected chi connectivity index (χ3v) is 5.00. The molecular formula is C17H35N3O. The summed E-state index contributed by atoms with van der Waals surface area (Å²) < 4.78 is 0. The summed E-state index contributed by atoms with van der Waals surface area (Å²) in [6.07, 6.45) is 5.08. The van der Waals surface area contributed by atoms with Crippen molar-refractivity contribution in [2.24, 2.45) is 17.6 Å². The Bertz CT molecular complexity index is 304. The molecule has 21 heavy (non-hydrogen) atoms. The average molecular weight is 297 g/mol. The Morgan fingerprint density at radius 3 is 2.57 bits per heavy atom. The molecule has 1 saturated carbocycles. The molecule has 0 heterocycles. The highest BCUT2D eigenvalue weighted by atomic mass is 16.1. The van der Waals surface area contributed by atoms with E-state index in [1.807, 2.05) is 0 Å². The zero-order valence-corrected chi connectivity index (χ0v) is 14.4. The second kappa shape index (κ2) is 9.42. The van der Waals surface area contributed by atoms with Gasteiger partial charge in [0.05, 0.1) is 0 Å². The van der Waals surface area contributed by atoms with Crippen molar-refractivity contribution in [1.29, 1.82) is 0 Å². The van der Waals surface area contributed by atoms with Crippen LogP contribution in [0.25, 0.3) is 0 Å². The van der Waals surface area contributed by atoms with E-state index in [4.69, 9.17) is 5.73 Å². The molecule has 0 saturated heterocycles. The Kier molecular flexibility index (Phi) is 8.27. The summed E-state index contributed by atoms with van der Waals surface area (Å²) in [4.78, 5) is 14.7. The van der Waals surface area contributed by atoms with E-state index in [2.05, 4.69) is 37.9 Å². The molecule has 124 valence electrons. The quantitative estimate of drug-likeness (QED) is 0.723. The molecular weight excluding hydrogens is 262 g/mol. The lowest BCUT2D eigenvalue weighted by Crippen LogP contribution is -2.43. The Hall–Kier alpha value is -0.610. The Labute approximate surface area is 130 Å². The fourth-order valence-electron chi connectivity index (χ4n) is 3.25. The van der Waals surface area contributed by atoms with Gasteiger partial charge < -0.3 is 16.0 Å². The molecule has 4 atom stereocenters. The molecule has 0 radical (unpaired) electrons. The summed E-state index contributed by atoms with van der Waals surface area (Å²) in [5.74, 6) is 0.876. The Balaban J connectivity index is 2.24. The summed E-state index contributed by atoms with van der Waals surface area (Å²) in [6, 6.07) is 0.555. The Morgan fingerprint density at radius 2 is 2.00 bits per heavy atom. The molecule has 4 heteroatoms. The molecule has 1 amide bonds. The van der Waals surface area contributed by atoms with Crippen LogP contribution in [0.4, 0.5) is 0 Å². The van der Waals surface area contributed by atoms with Crippen LogP contribution < -0.4 is 11.1 Å². The van der Waals surface area contributed by atoms with Gasteiger partial charge in [-0.25, -0.2) is 0 Å². The fraction of sp³-hybridized carbons (Fsp3) is 0.941. The summed E-state index contributed by atoms with van der Waals surface area (Å²) in [7, 11) is 0. The lowest BCUT2D eigenvalue weighted by molar-refractivity contribution is -0.127. The number of carbonyl (C=O) groups excluding carboxylic acids is 1. The van der Waals surface area contributed by atoms with Gasteiger partial charge in [0.2, 0.25) is 5.91 Å². The van der Waals surface area contributed by atoms with Crippen LogP contribution in [0.3, 0.4) is 0 Å². The molecule has 0 aromatic carbocycles. The maximum atomic E-state index is 12.3. The van der Waals surface area contributed by atoms with Gasteiger partial charge in [-0.2, -0.15) is 0 Å². The van der Waals surface area contributed by atoms with Crippen LogP contribution >= 0.6 is 0 Å². The zero-order chi connectivity index (χ0) is 15.8. The van der Waals surface area contributed by atoms with Crippen LogP contribution in [-0.4, -0.2) is 42.5 Å². The third-order valence-electron chi connectivity index (χ3n) is 5.00. The molecule has 0 aromatic heterocycles. The number of hydrogen-bond donors (Lipinski definition) is 2. The fourth-order valence-corrected chi connectivity index (χ4v) is 3.25. The Morgan fingerprint density at radius 1 is 1.33 bits per heavy atom. The minimum atomic E-state index is 0.171. The van der Waals surface area contributed by atoms with E-state index < -0.39 is 0 Å². The second-order valence-corrected chi connectivity index (χ2v) is 6.73. The smallest absolute Gasteiger partial charge is 0.223 e. The van der Waals surface area contributed by atoms with Gasteiger partial charge >= 0.3 is 0 Å². The van der Waals surface area contributed by atoms with Crippen LogP contribution in [0.2, 0.25) is 0 Å². The van der Waals surface area contributed by atoms with Crippen molar-refractivity contribution < 1.29 is 4.79 Å². The van der Waals surface area contributed by atoms with Gasteiger partial charge in [0.1, 0.15) is 0 Å². The highest BCUT2D eigenvalue weighted by Gasteiger charge is 2.29. The summed E-state index contributed by atoms with van der Waals surface area (Å²) in [6.45, 7) is 12.0. The predicted octanol–water partition coefficient (Wildman–Crippen LogP) is 2.38. The minimum Gasteiger partial charge on any atom is -0.353 e. The first-order valence-electron chi connectivity index (χ1n) is 8.76. The lowest BCUT2D eigenvalue weighted by atomic mass is 9.79. The maximum absolute atomic E-state index is 12.3. The van der Waals surface area contributed by atoms with Gasteiger partial charge in [-0.05, 0) is 64.6 Å². The van der Waals surface area contributed by atoms with Crippen LogP contribution in [0.15, 0.2) is 0 Å². The SMILES string of the molecule is CCN(CC)CCCC(C)NC(=O)C1CCC(N)C(C)C1. The number of rotatable bonds is 8. The number of nitrogens with two attached hydrogens (primary N) is 1. The molecule has 1 aliphatic carbocycles. The van der Waals surface area contributed by atoms with E-state index in [0.29, 0.717) is 5.92 Å². The monoisotopic (exact) mass is 297 g/mol. The van der Waals surface area contributed by atoms with Crippen molar-refractivity contribution >= 4 is 5.91 Å². The third kappa shape index (κ3) is 6.35. The summed E-state index contributed by atoms with van der Waals surface area (Å²) in [5, 5.41) is 3.20. The second-order valence-electron chi connectivity index (χ2n) is 6.73. The number of hydrogen-bond acceptors (Lipinski definition) is 3. The van der Waals surface area contributed by atoms with Crippen LogP contribution in [0.5, 0.6) is 0 Å². The highest BCUT2D eigenvalue weighted by Crippen LogP contribution is 2.28. The van der Waals surface area contributed by atoms with E-state index in [1.165, 1.54) is 0 Å². The topological polar surface area (TPSA) is 58.4 Å². The van der Waals surface area contributed by atoms with Gasteiger partial charge in [-0.1, -0.05) is 20.8 Å². The molecule has 0 spiro atoms. The standard InChI is InChI=1S/C17H35N3O/c1-5-20(6-2)11-7-8-14(4)19-17(21)15-9-10-16(18)13(3)12-15/h13-16H,5-12,18H2,1-4H3,(H,19,21). The van der Waals surface area contributed by atoms with Crippen LogP contribution in [0, 0.1) is 11.8 Å². The predicted molar refractivity (Wildman–Crippen MR) is 89.1 cm³/mol. The molecule has 1 aliphatic rings. The molecule has 0 bridgehead atoms. The van der Waals surface area contributed by atoms with E-state index in [-0.39, 0.29) is 23.9 Å². The molecule has 4 nitrogen and oxygen atoms in total. The highest BCUT2D eigenvalue weighted by molar-refractivity contribution is 5.79. The minimum absolute atomic E-state index is 0.171. The first-order valence-corrected chi connectivity index (χ1v) is 8.76. The van der Waals surface area contributed by atoms with Gasteiger partial charge in [-0.3, -0.25) is 4.79 Å².